The van der Waals surface area contributed by atoms with E-state index in [0.717, 1.165) is 17.5 Å². The van der Waals surface area contributed by atoms with Crippen LogP contribution in [-0.4, -0.2) is 11.1 Å². The molecule has 0 aliphatic heterocycles. The largest absolute Gasteiger partial charge is 0.478 e. The number of aryl methyl sites for hydroxylation is 1. The number of carbonyl (C=O) groups is 1. The first-order chi connectivity index (χ1) is 10.7. The number of unbranched alkanes of at least 4 members (excludes halogenated alkanes) is 2. The van der Waals surface area contributed by atoms with Crippen molar-refractivity contribution < 1.29 is 9.90 Å². The Morgan fingerprint density at radius 3 is 2.41 bits per heavy atom. The van der Waals surface area contributed by atoms with Crippen LogP contribution >= 0.6 is 0 Å². The highest BCUT2D eigenvalue weighted by Crippen LogP contribution is 2.15. The minimum Gasteiger partial charge on any atom is -0.478 e. The van der Waals surface area contributed by atoms with Gasteiger partial charge in [0, 0.05) is 0 Å². The minimum absolute atomic E-state index is 0.329. The van der Waals surface area contributed by atoms with Crippen molar-refractivity contribution in [1.29, 1.82) is 0 Å². The van der Waals surface area contributed by atoms with Gasteiger partial charge in [-0.2, -0.15) is 0 Å². The lowest BCUT2D eigenvalue weighted by Gasteiger charge is -2.02. The number of carboxylic acids is 1. The second-order valence-electron chi connectivity index (χ2n) is 5.42. The summed E-state index contributed by atoms with van der Waals surface area (Å²) in [5.74, 6) is -0.897. The fourth-order valence-electron chi connectivity index (χ4n) is 2.40. The minimum atomic E-state index is -0.897. The van der Waals surface area contributed by atoms with E-state index >= 15 is 0 Å². The lowest BCUT2D eigenvalue weighted by atomic mass is 10.0. The molecule has 114 valence electrons. The summed E-state index contributed by atoms with van der Waals surface area (Å²) in [6.45, 7) is 2.21. The Kier molecular flexibility index (Phi) is 5.96. The fraction of sp³-hybridized carbons (Fsp3) is 0.250. The molecule has 2 nitrogen and oxygen atoms in total. The Bertz CT molecular complexity index is 639. The summed E-state index contributed by atoms with van der Waals surface area (Å²) in [6.07, 6.45) is 8.68. The summed E-state index contributed by atoms with van der Waals surface area (Å²) < 4.78 is 0. The van der Waals surface area contributed by atoms with E-state index in [1.165, 1.54) is 24.8 Å². The van der Waals surface area contributed by atoms with Crippen LogP contribution in [0, 0.1) is 0 Å². The van der Waals surface area contributed by atoms with Crippen LogP contribution in [0.3, 0.4) is 0 Å². The van der Waals surface area contributed by atoms with Crippen LogP contribution in [0.4, 0.5) is 0 Å². The van der Waals surface area contributed by atoms with Gasteiger partial charge in [-0.05, 0) is 35.6 Å². The van der Waals surface area contributed by atoms with Gasteiger partial charge in [-0.1, -0.05) is 74.4 Å². The smallest absolute Gasteiger partial charge is 0.336 e. The molecule has 0 aliphatic carbocycles. The zero-order valence-corrected chi connectivity index (χ0v) is 13.0. The Morgan fingerprint density at radius 2 is 1.73 bits per heavy atom. The Labute approximate surface area is 132 Å². The summed E-state index contributed by atoms with van der Waals surface area (Å²) in [6, 6.07) is 15.5. The molecule has 2 aromatic carbocycles. The van der Waals surface area contributed by atoms with Gasteiger partial charge in [-0.15, -0.1) is 0 Å². The van der Waals surface area contributed by atoms with Crippen molar-refractivity contribution >= 4 is 18.1 Å². The van der Waals surface area contributed by atoms with E-state index in [-0.39, 0.29) is 0 Å². The summed E-state index contributed by atoms with van der Waals surface area (Å²) in [4.78, 5) is 11.2. The van der Waals surface area contributed by atoms with Crippen LogP contribution in [0.1, 0.15) is 53.2 Å². The first kappa shape index (κ1) is 16.0. The standard InChI is InChI=1S/C20H22O2/c1-2-3-4-7-16-10-12-17(13-11-16)14-15-18-8-5-6-9-19(18)20(21)22/h5-6,8-15H,2-4,7H2,1H3,(H,21,22). The van der Waals surface area contributed by atoms with Gasteiger partial charge >= 0.3 is 5.97 Å². The van der Waals surface area contributed by atoms with E-state index in [2.05, 4.69) is 31.2 Å². The number of benzene rings is 2. The van der Waals surface area contributed by atoms with Crippen LogP contribution < -0.4 is 0 Å². The maximum Gasteiger partial charge on any atom is 0.336 e. The molecule has 0 fully saturated rings. The molecule has 1 N–H and O–H groups in total. The quantitative estimate of drug-likeness (QED) is 0.556. The number of hydrogen-bond acceptors (Lipinski definition) is 1. The number of aromatic carboxylic acids is 1. The molecule has 0 unspecified atom stereocenters. The zero-order chi connectivity index (χ0) is 15.8. The van der Waals surface area contributed by atoms with E-state index in [1.54, 1.807) is 12.1 Å². The average Bonchev–Trinajstić information content (AvgIpc) is 2.54. The third kappa shape index (κ3) is 4.59. The molecule has 0 radical (unpaired) electrons. The van der Waals surface area contributed by atoms with Crippen molar-refractivity contribution in [2.75, 3.05) is 0 Å². The van der Waals surface area contributed by atoms with Gasteiger partial charge in [-0.3, -0.25) is 0 Å². The topological polar surface area (TPSA) is 37.3 Å². The zero-order valence-electron chi connectivity index (χ0n) is 13.0. The monoisotopic (exact) mass is 294 g/mol. The van der Waals surface area contributed by atoms with Gasteiger partial charge in [0.25, 0.3) is 0 Å². The lowest BCUT2D eigenvalue weighted by Crippen LogP contribution is -1.98. The third-order valence-corrected chi connectivity index (χ3v) is 3.70. The molecule has 0 saturated heterocycles. The molecular weight excluding hydrogens is 272 g/mol. The molecule has 0 aliphatic rings. The van der Waals surface area contributed by atoms with Crippen LogP contribution in [0.5, 0.6) is 0 Å². The number of carboxylic acid groups (broad SMARTS) is 1. The van der Waals surface area contributed by atoms with Gasteiger partial charge in [-0.25, -0.2) is 4.79 Å². The third-order valence-electron chi connectivity index (χ3n) is 3.70. The molecule has 2 aromatic rings. The highest BCUT2D eigenvalue weighted by atomic mass is 16.4. The van der Waals surface area contributed by atoms with Crippen LogP contribution in [0.25, 0.3) is 12.2 Å². The van der Waals surface area contributed by atoms with E-state index < -0.39 is 5.97 Å². The SMILES string of the molecule is CCCCCc1ccc(C=Cc2ccccc2C(=O)O)cc1. The highest BCUT2D eigenvalue weighted by Gasteiger charge is 2.05. The Balaban J connectivity index is 2.06. The summed E-state index contributed by atoms with van der Waals surface area (Å²) in [5, 5.41) is 9.17. The molecule has 0 amide bonds. The summed E-state index contributed by atoms with van der Waals surface area (Å²) in [7, 11) is 0. The van der Waals surface area contributed by atoms with E-state index in [4.69, 9.17) is 5.11 Å². The average molecular weight is 294 g/mol. The number of hydrogen-bond donors (Lipinski definition) is 1. The van der Waals surface area contributed by atoms with Gasteiger partial charge in [0.2, 0.25) is 0 Å². The molecule has 0 aromatic heterocycles. The van der Waals surface area contributed by atoms with E-state index in [0.29, 0.717) is 5.56 Å². The molecule has 0 atom stereocenters. The predicted octanol–water partition coefficient (Wildman–Crippen LogP) is 5.29. The van der Waals surface area contributed by atoms with Crippen molar-refractivity contribution in [3.05, 3.63) is 70.8 Å². The molecule has 2 heteroatoms. The summed E-state index contributed by atoms with van der Waals surface area (Å²) in [5.41, 5.74) is 3.49. The van der Waals surface area contributed by atoms with Crippen molar-refractivity contribution in [2.45, 2.75) is 32.6 Å². The Hall–Kier alpha value is -2.35. The molecule has 0 heterocycles. The maximum absolute atomic E-state index is 11.2. The highest BCUT2D eigenvalue weighted by molar-refractivity contribution is 5.93. The van der Waals surface area contributed by atoms with Crippen molar-refractivity contribution in [1.82, 2.24) is 0 Å². The molecule has 0 spiro atoms. The molecule has 0 saturated carbocycles. The first-order valence-electron chi connectivity index (χ1n) is 7.80. The fourth-order valence-corrected chi connectivity index (χ4v) is 2.40. The predicted molar refractivity (Wildman–Crippen MR) is 92.0 cm³/mol. The molecule has 0 bridgehead atoms. The van der Waals surface area contributed by atoms with E-state index in [1.807, 2.05) is 24.3 Å². The van der Waals surface area contributed by atoms with Crippen LogP contribution in [0.2, 0.25) is 0 Å². The second-order valence-corrected chi connectivity index (χ2v) is 5.42. The Morgan fingerprint density at radius 1 is 1.00 bits per heavy atom. The van der Waals surface area contributed by atoms with Gasteiger partial charge in [0.1, 0.15) is 0 Å². The maximum atomic E-state index is 11.2. The molecular formula is C20H22O2. The first-order valence-corrected chi connectivity index (χ1v) is 7.80. The molecule has 22 heavy (non-hydrogen) atoms. The number of rotatable bonds is 7. The van der Waals surface area contributed by atoms with Crippen LogP contribution in [-0.2, 0) is 6.42 Å². The van der Waals surface area contributed by atoms with E-state index in [9.17, 15) is 4.79 Å². The lowest BCUT2D eigenvalue weighted by molar-refractivity contribution is 0.0696. The van der Waals surface area contributed by atoms with Crippen LogP contribution in [0.15, 0.2) is 48.5 Å². The van der Waals surface area contributed by atoms with Crippen molar-refractivity contribution in [2.24, 2.45) is 0 Å². The van der Waals surface area contributed by atoms with Gasteiger partial charge in [0.05, 0.1) is 5.56 Å². The van der Waals surface area contributed by atoms with Crippen molar-refractivity contribution in [3.63, 3.8) is 0 Å². The summed E-state index contributed by atoms with van der Waals surface area (Å²) >= 11 is 0. The molecule has 2 rings (SSSR count). The van der Waals surface area contributed by atoms with Gasteiger partial charge < -0.3 is 5.11 Å². The van der Waals surface area contributed by atoms with Gasteiger partial charge in [0.15, 0.2) is 0 Å². The second kappa shape index (κ2) is 8.18. The van der Waals surface area contributed by atoms with Crippen molar-refractivity contribution in [3.8, 4) is 0 Å². The normalized spacial score (nSPS) is 11.0.